The molecule has 0 aliphatic carbocycles. The van der Waals surface area contributed by atoms with E-state index in [0.29, 0.717) is 13.0 Å². The second-order valence-corrected chi connectivity index (χ2v) is 15.8. The van der Waals surface area contributed by atoms with Crippen LogP contribution in [0, 0.1) is 0 Å². The number of ether oxygens (including phenoxy) is 4. The largest absolute Gasteiger partial charge is 0.457 e. The fourth-order valence-electron chi connectivity index (χ4n) is 6.79. The van der Waals surface area contributed by atoms with Crippen molar-refractivity contribution in [1.82, 2.24) is 0 Å². The van der Waals surface area contributed by atoms with E-state index < -0.39 is 43.4 Å². The van der Waals surface area contributed by atoms with Crippen LogP contribution in [0.5, 0.6) is 0 Å². The van der Waals surface area contributed by atoms with E-state index >= 15 is 0 Å². The molecule has 6 unspecified atom stereocenters. The molecule has 9 nitrogen and oxygen atoms in total. The summed E-state index contributed by atoms with van der Waals surface area (Å²) in [7, 11) is 0. The summed E-state index contributed by atoms with van der Waals surface area (Å²) in [5, 5.41) is 40.1. The van der Waals surface area contributed by atoms with E-state index in [9.17, 15) is 25.2 Å². The summed E-state index contributed by atoms with van der Waals surface area (Å²) in [5.41, 5.74) is 0. The number of esters is 1. The maximum Gasteiger partial charge on any atom is 0.306 e. The Morgan fingerprint density at radius 1 is 0.561 bits per heavy atom. The lowest BCUT2D eigenvalue weighted by molar-refractivity contribution is -0.305. The van der Waals surface area contributed by atoms with Crippen molar-refractivity contribution in [3.8, 4) is 0 Å². The zero-order chi connectivity index (χ0) is 41.4. The van der Waals surface area contributed by atoms with E-state index in [2.05, 4.69) is 62.5 Å². The predicted molar refractivity (Wildman–Crippen MR) is 233 cm³/mol. The molecule has 1 aliphatic rings. The van der Waals surface area contributed by atoms with E-state index in [4.69, 9.17) is 18.9 Å². The normalized spacial score (nSPS) is 20.8. The molecule has 0 spiro atoms. The minimum absolute atomic E-state index is 0.120. The van der Waals surface area contributed by atoms with Crippen LogP contribution in [0.2, 0.25) is 0 Å². The molecule has 0 saturated carbocycles. The van der Waals surface area contributed by atoms with Gasteiger partial charge >= 0.3 is 5.97 Å². The zero-order valence-electron chi connectivity index (χ0n) is 36.3. The Balaban J connectivity index is 2.19. The number of aliphatic hydroxyl groups is 4. The fraction of sp³-hybridized carbons (Fsp3) is 0.812. The monoisotopic (exact) mass is 807 g/mol. The highest BCUT2D eigenvalue weighted by atomic mass is 16.7. The summed E-state index contributed by atoms with van der Waals surface area (Å²) >= 11 is 0. The van der Waals surface area contributed by atoms with E-state index in [1.807, 2.05) is 0 Å². The van der Waals surface area contributed by atoms with Crippen molar-refractivity contribution in [3.05, 3.63) is 48.6 Å². The van der Waals surface area contributed by atoms with Gasteiger partial charge in [0.15, 0.2) is 6.29 Å². The number of hydrogen-bond donors (Lipinski definition) is 4. The van der Waals surface area contributed by atoms with Crippen LogP contribution in [0.15, 0.2) is 48.6 Å². The first-order valence-electron chi connectivity index (χ1n) is 23.2. The smallest absolute Gasteiger partial charge is 0.306 e. The molecule has 1 fully saturated rings. The van der Waals surface area contributed by atoms with Crippen molar-refractivity contribution in [2.75, 3.05) is 26.4 Å². The summed E-state index contributed by atoms with van der Waals surface area (Å²) in [4.78, 5) is 12.7. The van der Waals surface area contributed by atoms with Crippen molar-refractivity contribution in [1.29, 1.82) is 0 Å². The molecule has 1 aliphatic heterocycles. The summed E-state index contributed by atoms with van der Waals surface area (Å²) in [6.07, 6.45) is 41.5. The molecule has 0 aromatic carbocycles. The molecule has 1 saturated heterocycles. The van der Waals surface area contributed by atoms with Crippen molar-refractivity contribution in [3.63, 3.8) is 0 Å². The molecule has 1 rings (SSSR count). The Bertz CT molecular complexity index is 1010. The van der Waals surface area contributed by atoms with Gasteiger partial charge in [0.05, 0.1) is 19.8 Å². The number of carbonyl (C=O) groups excluding carboxylic acids is 1. The van der Waals surface area contributed by atoms with Crippen LogP contribution in [0.1, 0.15) is 187 Å². The van der Waals surface area contributed by atoms with Crippen molar-refractivity contribution in [2.45, 2.75) is 224 Å². The third kappa shape index (κ3) is 30.8. The SMILES string of the molecule is CCC/C=C\CCCCCCCC(=O)OC(COCCCCCCCCCCC/C=C\C/C=C\C/C=C\CCCCCCC)COC1OC(CO)C(O)C(O)C1O. The first-order chi connectivity index (χ1) is 27.9. The molecular weight excluding hydrogens is 721 g/mol. The predicted octanol–water partition coefficient (Wildman–Crippen LogP) is 10.5. The molecular formula is C48H86O9. The average Bonchev–Trinajstić information content (AvgIpc) is 3.21. The summed E-state index contributed by atoms with van der Waals surface area (Å²) < 4.78 is 22.8. The molecule has 332 valence electrons. The number of hydrogen-bond acceptors (Lipinski definition) is 9. The van der Waals surface area contributed by atoms with Crippen LogP contribution in [0.25, 0.3) is 0 Å². The van der Waals surface area contributed by atoms with Gasteiger partial charge in [0.25, 0.3) is 0 Å². The highest BCUT2D eigenvalue weighted by Crippen LogP contribution is 2.22. The summed E-state index contributed by atoms with van der Waals surface area (Å²) in [5.74, 6) is -0.328. The maximum absolute atomic E-state index is 12.7. The lowest BCUT2D eigenvalue weighted by Crippen LogP contribution is -2.59. The Hall–Kier alpha value is -1.85. The van der Waals surface area contributed by atoms with Crippen LogP contribution in [0.3, 0.4) is 0 Å². The number of unbranched alkanes of at least 4 members (excludes halogenated alkanes) is 20. The van der Waals surface area contributed by atoms with Crippen molar-refractivity contribution in [2.24, 2.45) is 0 Å². The van der Waals surface area contributed by atoms with Crippen molar-refractivity contribution < 1.29 is 44.2 Å². The molecule has 4 N–H and O–H groups in total. The third-order valence-corrected chi connectivity index (χ3v) is 10.4. The lowest BCUT2D eigenvalue weighted by atomic mass is 9.99. The molecule has 9 heteroatoms. The topological polar surface area (TPSA) is 135 Å². The standard InChI is InChI=1S/C48H86O9/c1-3-5-7-9-11-13-15-16-17-18-19-20-21-22-23-24-25-26-27-28-30-32-34-36-38-54-40-42(41-55-48-47(53)46(52)45(51)43(39-49)57-48)56-44(50)37-35-33-31-29-14-12-10-8-6-4-2/h8,10,15-16,18-19,21-22,42-43,45-49,51-53H,3-7,9,11-14,17,20,23-41H2,1-2H3/b10-8-,16-15-,19-18-,22-21-. The van der Waals surface area contributed by atoms with Gasteiger partial charge in [0, 0.05) is 13.0 Å². The molecule has 0 aromatic heterocycles. The fourth-order valence-corrected chi connectivity index (χ4v) is 6.79. The summed E-state index contributed by atoms with van der Waals surface area (Å²) in [6.45, 7) is 4.46. The number of aliphatic hydroxyl groups excluding tert-OH is 4. The number of rotatable bonds is 39. The molecule has 0 radical (unpaired) electrons. The highest BCUT2D eigenvalue weighted by Gasteiger charge is 2.44. The minimum Gasteiger partial charge on any atom is -0.457 e. The second-order valence-electron chi connectivity index (χ2n) is 15.8. The van der Waals surface area contributed by atoms with Crippen LogP contribution in [-0.2, 0) is 23.7 Å². The van der Waals surface area contributed by atoms with Crippen LogP contribution >= 0.6 is 0 Å². The van der Waals surface area contributed by atoms with E-state index in [1.165, 1.54) is 96.3 Å². The zero-order valence-corrected chi connectivity index (χ0v) is 36.3. The third-order valence-electron chi connectivity index (χ3n) is 10.4. The van der Waals surface area contributed by atoms with Gasteiger partial charge < -0.3 is 39.4 Å². The first-order valence-corrected chi connectivity index (χ1v) is 23.2. The average molecular weight is 807 g/mol. The first kappa shape index (κ1) is 53.2. The summed E-state index contributed by atoms with van der Waals surface area (Å²) in [6, 6.07) is 0. The molecule has 0 amide bonds. The van der Waals surface area contributed by atoms with Gasteiger partial charge in [-0.1, -0.05) is 159 Å². The van der Waals surface area contributed by atoms with Crippen molar-refractivity contribution >= 4 is 5.97 Å². The van der Waals surface area contributed by atoms with E-state index in [-0.39, 0.29) is 19.2 Å². The number of carbonyl (C=O) groups is 1. The van der Waals surface area contributed by atoms with Gasteiger partial charge in [-0.2, -0.15) is 0 Å². The van der Waals surface area contributed by atoms with Gasteiger partial charge in [-0.15, -0.1) is 0 Å². The van der Waals surface area contributed by atoms with E-state index in [0.717, 1.165) is 70.6 Å². The Kier molecular flexibility index (Phi) is 36.9. The molecule has 6 atom stereocenters. The number of allylic oxidation sites excluding steroid dienone is 8. The van der Waals surface area contributed by atoms with Crippen LogP contribution in [-0.4, -0.2) is 89.6 Å². The highest BCUT2D eigenvalue weighted by molar-refractivity contribution is 5.69. The Labute approximate surface area is 348 Å². The molecule has 57 heavy (non-hydrogen) atoms. The Morgan fingerprint density at radius 3 is 1.61 bits per heavy atom. The second kappa shape index (κ2) is 39.6. The quantitative estimate of drug-likeness (QED) is 0.0272. The van der Waals surface area contributed by atoms with Gasteiger partial charge in [0.1, 0.15) is 30.5 Å². The maximum atomic E-state index is 12.7. The molecule has 0 bridgehead atoms. The van der Waals surface area contributed by atoms with Gasteiger partial charge in [-0.3, -0.25) is 4.79 Å². The van der Waals surface area contributed by atoms with E-state index in [1.54, 1.807) is 0 Å². The molecule has 1 heterocycles. The van der Waals surface area contributed by atoms with Crippen LogP contribution < -0.4 is 0 Å². The minimum atomic E-state index is -1.54. The van der Waals surface area contributed by atoms with Gasteiger partial charge in [-0.25, -0.2) is 0 Å². The van der Waals surface area contributed by atoms with Gasteiger partial charge in [-0.05, 0) is 70.6 Å². The molecule has 0 aromatic rings. The Morgan fingerprint density at radius 2 is 1.05 bits per heavy atom. The van der Waals surface area contributed by atoms with Crippen LogP contribution in [0.4, 0.5) is 0 Å². The lowest BCUT2D eigenvalue weighted by Gasteiger charge is -2.39. The van der Waals surface area contributed by atoms with Gasteiger partial charge in [0.2, 0.25) is 0 Å².